The van der Waals surface area contributed by atoms with E-state index in [1.54, 1.807) is 0 Å². The van der Waals surface area contributed by atoms with Gasteiger partial charge in [-0.15, -0.1) is 0 Å². The first-order valence-corrected chi connectivity index (χ1v) is 7.40. The van der Waals surface area contributed by atoms with Gasteiger partial charge in [-0.05, 0) is 19.2 Å². The van der Waals surface area contributed by atoms with Crippen molar-refractivity contribution in [1.82, 2.24) is 5.32 Å². The van der Waals surface area contributed by atoms with Crippen LogP contribution in [0.15, 0.2) is 18.2 Å². The van der Waals surface area contributed by atoms with Crippen molar-refractivity contribution in [1.29, 1.82) is 0 Å². The number of amides is 1. The largest absolute Gasteiger partial charge is 0.370 e. The maximum atomic E-state index is 11.8. The maximum Gasteiger partial charge on any atom is 0.246 e. The van der Waals surface area contributed by atoms with Gasteiger partial charge in [0.25, 0.3) is 0 Å². The maximum absolute atomic E-state index is 11.8. The van der Waals surface area contributed by atoms with Crippen molar-refractivity contribution >= 4 is 29.0 Å². The van der Waals surface area contributed by atoms with Gasteiger partial charge in [-0.3, -0.25) is 4.79 Å². The smallest absolute Gasteiger partial charge is 0.246 e. The van der Waals surface area contributed by atoms with Crippen LogP contribution in [-0.2, 0) is 4.79 Å². The normalized spacial score (nSPS) is 22.8. The average Bonchev–Trinajstić information content (AvgIpc) is 2.74. The molecule has 1 fully saturated rings. The van der Waals surface area contributed by atoms with Crippen LogP contribution < -0.4 is 15.5 Å². The van der Waals surface area contributed by atoms with Gasteiger partial charge in [0.1, 0.15) is 6.04 Å². The van der Waals surface area contributed by atoms with Gasteiger partial charge in [-0.25, -0.2) is 0 Å². The van der Waals surface area contributed by atoms with Gasteiger partial charge in [0.2, 0.25) is 5.91 Å². The zero-order chi connectivity index (χ0) is 12.5. The average molecular weight is 263 g/mol. The second kappa shape index (κ2) is 4.82. The molecule has 96 valence electrons. The molecule has 1 atom stereocenters. The molecule has 1 unspecified atom stereocenters. The second-order valence-electron chi connectivity index (χ2n) is 4.58. The minimum Gasteiger partial charge on any atom is -0.370 e. The molecule has 0 spiro atoms. The summed E-state index contributed by atoms with van der Waals surface area (Å²) in [5.41, 5.74) is 3.22. The van der Waals surface area contributed by atoms with Gasteiger partial charge in [-0.2, -0.15) is 11.8 Å². The monoisotopic (exact) mass is 263 g/mol. The molecule has 0 aliphatic carbocycles. The number of thioether (sulfide) groups is 1. The zero-order valence-corrected chi connectivity index (χ0v) is 11.2. The Hall–Kier alpha value is -1.20. The van der Waals surface area contributed by atoms with E-state index in [4.69, 9.17) is 0 Å². The van der Waals surface area contributed by atoms with Crippen LogP contribution in [0.1, 0.15) is 11.6 Å². The predicted molar refractivity (Wildman–Crippen MR) is 76.4 cm³/mol. The van der Waals surface area contributed by atoms with Crippen molar-refractivity contribution in [3.05, 3.63) is 23.8 Å². The molecule has 18 heavy (non-hydrogen) atoms. The number of hydrogen-bond acceptors (Lipinski definition) is 4. The summed E-state index contributed by atoms with van der Waals surface area (Å²) in [5, 5.41) is 5.98. The van der Waals surface area contributed by atoms with Crippen molar-refractivity contribution in [2.75, 3.05) is 41.9 Å². The van der Waals surface area contributed by atoms with E-state index in [2.05, 4.69) is 33.7 Å². The molecule has 2 heterocycles. The third-order valence-electron chi connectivity index (χ3n) is 3.53. The fraction of sp³-hybridized carbons (Fsp3) is 0.462. The van der Waals surface area contributed by atoms with Crippen LogP contribution in [0.4, 0.5) is 11.4 Å². The van der Waals surface area contributed by atoms with E-state index < -0.39 is 0 Å². The topological polar surface area (TPSA) is 44.4 Å². The highest BCUT2D eigenvalue weighted by atomic mass is 32.2. The van der Waals surface area contributed by atoms with Crippen LogP contribution >= 0.6 is 11.8 Å². The lowest BCUT2D eigenvalue weighted by molar-refractivity contribution is -0.117. The number of rotatable bonds is 2. The Bertz CT molecular complexity index is 471. The van der Waals surface area contributed by atoms with E-state index in [1.807, 2.05) is 18.8 Å². The fourth-order valence-corrected chi connectivity index (χ4v) is 3.46. The molecule has 0 radical (unpaired) electrons. The van der Waals surface area contributed by atoms with Gasteiger partial charge in [0.05, 0.1) is 0 Å². The molecule has 0 aromatic heterocycles. The van der Waals surface area contributed by atoms with Crippen molar-refractivity contribution in [2.24, 2.45) is 0 Å². The first-order valence-electron chi connectivity index (χ1n) is 6.24. The molecule has 2 N–H and O–H groups in total. The molecular formula is C13H17N3OS. The molecule has 1 amide bonds. The minimum atomic E-state index is -0.203. The van der Waals surface area contributed by atoms with Gasteiger partial charge in [0.15, 0.2) is 0 Å². The third-order valence-corrected chi connectivity index (χ3v) is 4.48. The van der Waals surface area contributed by atoms with Gasteiger partial charge in [-0.1, -0.05) is 6.07 Å². The molecule has 0 saturated carbocycles. The Balaban J connectivity index is 1.88. The summed E-state index contributed by atoms with van der Waals surface area (Å²) in [7, 11) is 1.81. The lowest BCUT2D eigenvalue weighted by Crippen LogP contribution is -2.32. The quantitative estimate of drug-likeness (QED) is 0.848. The van der Waals surface area contributed by atoms with Crippen LogP contribution in [0.2, 0.25) is 0 Å². The number of fused-ring (bicyclic) bond motifs is 1. The van der Waals surface area contributed by atoms with Crippen LogP contribution in [-0.4, -0.2) is 37.6 Å². The first kappa shape index (κ1) is 11.9. The van der Waals surface area contributed by atoms with E-state index in [1.165, 1.54) is 17.2 Å². The summed E-state index contributed by atoms with van der Waals surface area (Å²) in [4.78, 5) is 14.1. The number of hydrogen-bond donors (Lipinski definition) is 2. The summed E-state index contributed by atoms with van der Waals surface area (Å²) >= 11 is 2.00. The molecule has 4 nitrogen and oxygen atoms in total. The Kier molecular flexibility index (Phi) is 3.18. The molecule has 3 rings (SSSR count). The summed E-state index contributed by atoms with van der Waals surface area (Å²) in [5.74, 6) is 2.41. The third kappa shape index (κ3) is 1.97. The SMILES string of the molecule is CNC1C(=O)Nc2cc(N3CCSCC3)ccc21. The van der Waals surface area contributed by atoms with E-state index in [0.29, 0.717) is 0 Å². The summed E-state index contributed by atoms with van der Waals surface area (Å²) < 4.78 is 0. The van der Waals surface area contributed by atoms with Crippen molar-refractivity contribution in [3.63, 3.8) is 0 Å². The molecule has 5 heteroatoms. The van der Waals surface area contributed by atoms with Gasteiger partial charge < -0.3 is 15.5 Å². The number of benzene rings is 1. The van der Waals surface area contributed by atoms with E-state index >= 15 is 0 Å². The van der Waals surface area contributed by atoms with Gasteiger partial charge in [0, 0.05) is 41.5 Å². The Morgan fingerprint density at radius 3 is 2.89 bits per heavy atom. The lowest BCUT2D eigenvalue weighted by atomic mass is 10.1. The fourth-order valence-electron chi connectivity index (χ4n) is 2.56. The second-order valence-corrected chi connectivity index (χ2v) is 5.81. The number of nitrogens with one attached hydrogen (secondary N) is 2. The predicted octanol–water partition coefficient (Wildman–Crippen LogP) is 1.45. The number of anilines is 2. The molecule has 1 saturated heterocycles. The highest BCUT2D eigenvalue weighted by Gasteiger charge is 2.29. The molecule has 2 aliphatic rings. The molecule has 1 aromatic carbocycles. The first-order chi connectivity index (χ1) is 8.79. The molecule has 0 bridgehead atoms. The summed E-state index contributed by atoms with van der Waals surface area (Å²) in [6.45, 7) is 2.18. The molecule has 1 aromatic rings. The molecule has 2 aliphatic heterocycles. The minimum absolute atomic E-state index is 0.0406. The summed E-state index contributed by atoms with van der Waals surface area (Å²) in [6.07, 6.45) is 0. The Morgan fingerprint density at radius 2 is 2.17 bits per heavy atom. The highest BCUT2D eigenvalue weighted by molar-refractivity contribution is 7.99. The van der Waals surface area contributed by atoms with Crippen LogP contribution in [0.3, 0.4) is 0 Å². The van der Waals surface area contributed by atoms with Crippen LogP contribution in [0, 0.1) is 0 Å². The summed E-state index contributed by atoms with van der Waals surface area (Å²) in [6, 6.07) is 6.08. The van der Waals surface area contributed by atoms with E-state index in [0.717, 1.165) is 24.3 Å². The number of likely N-dealkylation sites (N-methyl/N-ethyl adjacent to an activating group) is 1. The van der Waals surface area contributed by atoms with Crippen LogP contribution in [0.5, 0.6) is 0 Å². The van der Waals surface area contributed by atoms with Crippen molar-refractivity contribution in [3.8, 4) is 0 Å². The van der Waals surface area contributed by atoms with Crippen molar-refractivity contribution in [2.45, 2.75) is 6.04 Å². The number of carbonyl (C=O) groups excluding carboxylic acids is 1. The lowest BCUT2D eigenvalue weighted by Gasteiger charge is -2.28. The van der Waals surface area contributed by atoms with Crippen LogP contribution in [0.25, 0.3) is 0 Å². The van der Waals surface area contributed by atoms with E-state index in [-0.39, 0.29) is 11.9 Å². The van der Waals surface area contributed by atoms with Crippen molar-refractivity contribution < 1.29 is 4.79 Å². The van der Waals surface area contributed by atoms with Gasteiger partial charge >= 0.3 is 0 Å². The zero-order valence-electron chi connectivity index (χ0n) is 10.4. The Labute approximate surface area is 111 Å². The standard InChI is InChI=1S/C13H17N3OS/c1-14-12-10-3-2-9(8-11(10)15-13(12)17)16-4-6-18-7-5-16/h2-3,8,12,14H,4-7H2,1H3,(H,15,17). The number of nitrogens with zero attached hydrogens (tertiary/aromatic N) is 1. The number of carbonyl (C=O) groups is 1. The molecular weight excluding hydrogens is 246 g/mol. The highest BCUT2D eigenvalue weighted by Crippen LogP contribution is 2.34. The van der Waals surface area contributed by atoms with E-state index in [9.17, 15) is 4.79 Å². The Morgan fingerprint density at radius 1 is 1.39 bits per heavy atom.